The van der Waals surface area contributed by atoms with Crippen molar-refractivity contribution in [3.63, 3.8) is 0 Å². The molecule has 5 aromatic heterocycles. The molecule has 9 aromatic rings. The highest BCUT2D eigenvalue weighted by atomic mass is 15.1. The Labute approximate surface area is 282 Å². The van der Waals surface area contributed by atoms with E-state index in [0.717, 1.165) is 84.5 Å². The number of pyridine rings is 3. The molecule has 0 spiro atoms. The van der Waals surface area contributed by atoms with Gasteiger partial charge in [-0.2, -0.15) is 0 Å². The van der Waals surface area contributed by atoms with Gasteiger partial charge in [0, 0.05) is 46.4 Å². The quantitative estimate of drug-likeness (QED) is 0.170. The van der Waals surface area contributed by atoms with Crippen LogP contribution >= 0.6 is 0 Å². The fourth-order valence-corrected chi connectivity index (χ4v) is 6.59. The lowest BCUT2D eigenvalue weighted by Gasteiger charge is -2.13. The molecular weight excluding hydrogens is 603 g/mol. The van der Waals surface area contributed by atoms with Crippen molar-refractivity contribution in [2.75, 3.05) is 0 Å². The van der Waals surface area contributed by atoms with Gasteiger partial charge in [-0.25, -0.2) is 19.9 Å². The van der Waals surface area contributed by atoms with Crippen LogP contribution in [0.3, 0.4) is 0 Å². The van der Waals surface area contributed by atoms with Crippen molar-refractivity contribution < 1.29 is 0 Å². The summed E-state index contributed by atoms with van der Waals surface area (Å²) in [5.41, 5.74) is 9.92. The summed E-state index contributed by atoms with van der Waals surface area (Å²) in [6.07, 6.45) is 4.33. The molecule has 0 N–H and O–H groups in total. The van der Waals surface area contributed by atoms with E-state index in [1.54, 1.807) is 12.4 Å². The first-order chi connectivity index (χ1) is 24.2. The third kappa shape index (κ3) is 5.00. The molecule has 232 valence electrons. The van der Waals surface area contributed by atoms with Gasteiger partial charge in [-0.05, 0) is 60.0 Å². The first-order valence-corrected chi connectivity index (χ1v) is 16.4. The van der Waals surface area contributed by atoms with Crippen LogP contribution < -0.4 is 0 Å². The molecule has 9 rings (SSSR count). The lowest BCUT2D eigenvalue weighted by atomic mass is 9.97. The van der Waals surface area contributed by atoms with Crippen molar-refractivity contribution >= 4 is 32.7 Å². The molecule has 0 radical (unpaired) electrons. The Kier molecular flexibility index (Phi) is 6.94. The predicted molar refractivity (Wildman–Crippen MR) is 196 cm³/mol. The molecule has 0 saturated carbocycles. The van der Waals surface area contributed by atoms with E-state index in [9.17, 15) is 0 Å². The Balaban J connectivity index is 1.23. The van der Waals surface area contributed by atoms with E-state index < -0.39 is 0 Å². The van der Waals surface area contributed by atoms with E-state index in [0.29, 0.717) is 11.5 Å². The molecule has 7 nitrogen and oxygen atoms in total. The number of hydrogen-bond donors (Lipinski definition) is 0. The zero-order valence-corrected chi connectivity index (χ0v) is 26.7. The Morgan fingerprint density at radius 3 is 1.98 bits per heavy atom. The summed E-state index contributed by atoms with van der Waals surface area (Å²) >= 11 is 0. The molecule has 0 unspecified atom stereocenters. The number of nitrogens with zero attached hydrogens (tertiary/aromatic N) is 7. The van der Waals surface area contributed by atoms with Crippen molar-refractivity contribution in [3.8, 4) is 51.1 Å². The standard InChI is InChI=1S/C42H29N7/c1-2-38-48-41-37(49(38)29-12-4-3-5-13-29)23-22-31-30-14-6-7-15-32(30)45-40(39(31)41)28-20-18-27(19-21-28)35-26-36(33-16-8-10-24-43-33)47-42(46-35)34-17-9-11-25-44-34/h3-26H,2H2,1H3. The summed E-state index contributed by atoms with van der Waals surface area (Å²) in [5, 5.41) is 3.29. The number of aryl methyl sites for hydroxylation is 1. The van der Waals surface area contributed by atoms with E-state index in [1.807, 2.05) is 54.6 Å². The number of imidazole rings is 1. The average molecular weight is 632 g/mol. The molecule has 0 atom stereocenters. The van der Waals surface area contributed by atoms with Gasteiger partial charge in [0.15, 0.2) is 5.82 Å². The van der Waals surface area contributed by atoms with Crippen molar-refractivity contribution in [1.82, 2.24) is 34.5 Å². The van der Waals surface area contributed by atoms with E-state index in [2.05, 4.69) is 100 Å². The van der Waals surface area contributed by atoms with Gasteiger partial charge in [-0.15, -0.1) is 0 Å². The summed E-state index contributed by atoms with van der Waals surface area (Å²) in [7, 11) is 0. The van der Waals surface area contributed by atoms with Gasteiger partial charge in [-0.3, -0.25) is 14.5 Å². The molecule has 0 amide bonds. The van der Waals surface area contributed by atoms with Gasteiger partial charge in [0.05, 0.1) is 39.3 Å². The molecule has 7 heteroatoms. The minimum absolute atomic E-state index is 0.549. The van der Waals surface area contributed by atoms with Crippen molar-refractivity contribution in [2.45, 2.75) is 13.3 Å². The Morgan fingerprint density at radius 1 is 0.531 bits per heavy atom. The first-order valence-electron chi connectivity index (χ1n) is 16.4. The zero-order valence-electron chi connectivity index (χ0n) is 26.7. The highest BCUT2D eigenvalue weighted by molar-refractivity contribution is 6.19. The van der Waals surface area contributed by atoms with Crippen LogP contribution in [0, 0.1) is 0 Å². The third-order valence-electron chi connectivity index (χ3n) is 8.89. The Bertz CT molecular complexity index is 2560. The minimum Gasteiger partial charge on any atom is -0.296 e. The third-order valence-corrected chi connectivity index (χ3v) is 8.89. The lowest BCUT2D eigenvalue weighted by Crippen LogP contribution is -1.99. The molecule has 0 aliphatic carbocycles. The maximum Gasteiger partial charge on any atom is 0.179 e. The zero-order chi connectivity index (χ0) is 32.7. The van der Waals surface area contributed by atoms with E-state index >= 15 is 0 Å². The van der Waals surface area contributed by atoms with Gasteiger partial charge in [0.1, 0.15) is 11.5 Å². The van der Waals surface area contributed by atoms with Crippen molar-refractivity contribution in [2.24, 2.45) is 0 Å². The van der Waals surface area contributed by atoms with E-state index in [1.165, 1.54) is 0 Å². The summed E-state index contributed by atoms with van der Waals surface area (Å²) in [6.45, 7) is 2.15. The second-order valence-electron chi connectivity index (χ2n) is 11.9. The molecule has 0 bridgehead atoms. The van der Waals surface area contributed by atoms with Gasteiger partial charge in [0.2, 0.25) is 0 Å². The van der Waals surface area contributed by atoms with Crippen LogP contribution in [-0.4, -0.2) is 34.5 Å². The molecule has 49 heavy (non-hydrogen) atoms. The van der Waals surface area contributed by atoms with Gasteiger partial charge >= 0.3 is 0 Å². The largest absolute Gasteiger partial charge is 0.296 e. The van der Waals surface area contributed by atoms with Gasteiger partial charge in [0.25, 0.3) is 0 Å². The topological polar surface area (TPSA) is 82.3 Å². The minimum atomic E-state index is 0.549. The summed E-state index contributed by atoms with van der Waals surface area (Å²) in [5.74, 6) is 1.56. The van der Waals surface area contributed by atoms with Crippen molar-refractivity contribution in [1.29, 1.82) is 0 Å². The van der Waals surface area contributed by atoms with Crippen LogP contribution in [0.15, 0.2) is 146 Å². The smallest absolute Gasteiger partial charge is 0.179 e. The van der Waals surface area contributed by atoms with Gasteiger partial charge in [-0.1, -0.05) is 85.8 Å². The lowest BCUT2D eigenvalue weighted by molar-refractivity contribution is 0.908. The van der Waals surface area contributed by atoms with Crippen LogP contribution in [0.2, 0.25) is 0 Å². The number of benzene rings is 4. The van der Waals surface area contributed by atoms with E-state index in [-0.39, 0.29) is 0 Å². The first kappa shape index (κ1) is 28.6. The molecule has 0 fully saturated rings. The molecular formula is C42H29N7. The molecule has 4 aromatic carbocycles. The number of hydrogen-bond acceptors (Lipinski definition) is 6. The highest BCUT2D eigenvalue weighted by Gasteiger charge is 2.20. The Hall–Kier alpha value is -6.60. The monoisotopic (exact) mass is 631 g/mol. The fraction of sp³-hybridized carbons (Fsp3) is 0.0476. The number of fused-ring (bicyclic) bond motifs is 5. The summed E-state index contributed by atoms with van der Waals surface area (Å²) in [6, 6.07) is 45.2. The normalized spacial score (nSPS) is 11.4. The van der Waals surface area contributed by atoms with Gasteiger partial charge < -0.3 is 0 Å². The van der Waals surface area contributed by atoms with E-state index in [4.69, 9.17) is 19.9 Å². The maximum atomic E-state index is 5.28. The number of para-hydroxylation sites is 2. The number of aromatic nitrogens is 7. The number of rotatable bonds is 6. The molecule has 0 saturated heterocycles. The van der Waals surface area contributed by atoms with Crippen LogP contribution in [0.5, 0.6) is 0 Å². The maximum absolute atomic E-state index is 5.28. The average Bonchev–Trinajstić information content (AvgIpc) is 3.57. The van der Waals surface area contributed by atoms with Crippen LogP contribution in [0.4, 0.5) is 0 Å². The van der Waals surface area contributed by atoms with Crippen LogP contribution in [-0.2, 0) is 6.42 Å². The Morgan fingerprint density at radius 2 is 1.22 bits per heavy atom. The second kappa shape index (κ2) is 11.9. The molecule has 0 aliphatic heterocycles. The van der Waals surface area contributed by atoms with Crippen LogP contribution in [0.25, 0.3) is 83.8 Å². The SMILES string of the molecule is CCc1nc2c3c(-c4ccc(-c5cc(-c6ccccn6)nc(-c6ccccn6)n5)cc4)nc4ccccc4c3ccc2n1-c1ccccc1. The second-order valence-corrected chi connectivity index (χ2v) is 11.9. The molecule has 5 heterocycles. The summed E-state index contributed by atoms with van der Waals surface area (Å²) < 4.78 is 2.27. The fourth-order valence-electron chi connectivity index (χ4n) is 6.59. The predicted octanol–water partition coefficient (Wildman–Crippen LogP) is 9.54. The summed E-state index contributed by atoms with van der Waals surface area (Å²) in [4.78, 5) is 29.4. The van der Waals surface area contributed by atoms with Crippen LogP contribution in [0.1, 0.15) is 12.7 Å². The highest BCUT2D eigenvalue weighted by Crippen LogP contribution is 2.39. The molecule has 0 aliphatic rings. The van der Waals surface area contributed by atoms with Crippen molar-refractivity contribution in [3.05, 3.63) is 152 Å².